The molecule has 3 heteroatoms. The smallest absolute Gasteiger partial charge is 0.0312 e. The SMILES string of the molecule is CC(C)NCC1CCC1N(C)Cc1cccnc1. The summed E-state index contributed by atoms with van der Waals surface area (Å²) in [7, 11) is 2.24. The van der Waals surface area contributed by atoms with Gasteiger partial charge in [0.15, 0.2) is 0 Å². The van der Waals surface area contributed by atoms with E-state index in [1.807, 2.05) is 18.5 Å². The molecule has 0 bridgehead atoms. The van der Waals surface area contributed by atoms with Crippen molar-refractivity contribution in [3.63, 3.8) is 0 Å². The molecule has 1 aromatic rings. The highest BCUT2D eigenvalue weighted by Crippen LogP contribution is 2.31. The Bertz CT molecular complexity index is 350. The van der Waals surface area contributed by atoms with Crippen molar-refractivity contribution in [1.82, 2.24) is 15.2 Å². The second-order valence-corrected chi connectivity index (χ2v) is 5.74. The summed E-state index contributed by atoms with van der Waals surface area (Å²) < 4.78 is 0. The van der Waals surface area contributed by atoms with E-state index in [2.05, 4.69) is 42.2 Å². The van der Waals surface area contributed by atoms with E-state index in [-0.39, 0.29) is 0 Å². The fraction of sp³-hybridized carbons (Fsp3) is 0.667. The van der Waals surface area contributed by atoms with E-state index < -0.39 is 0 Å². The number of rotatable bonds is 6. The fourth-order valence-electron chi connectivity index (χ4n) is 2.65. The number of pyridine rings is 1. The van der Waals surface area contributed by atoms with E-state index >= 15 is 0 Å². The molecule has 1 heterocycles. The zero-order valence-electron chi connectivity index (χ0n) is 11.8. The summed E-state index contributed by atoms with van der Waals surface area (Å²) in [6.45, 7) is 6.59. The van der Waals surface area contributed by atoms with Gasteiger partial charge in [0.05, 0.1) is 0 Å². The van der Waals surface area contributed by atoms with Crippen molar-refractivity contribution in [2.75, 3.05) is 13.6 Å². The van der Waals surface area contributed by atoms with Gasteiger partial charge in [0.1, 0.15) is 0 Å². The topological polar surface area (TPSA) is 28.2 Å². The van der Waals surface area contributed by atoms with Gasteiger partial charge in [-0.2, -0.15) is 0 Å². The van der Waals surface area contributed by atoms with Crippen molar-refractivity contribution in [3.8, 4) is 0 Å². The third-order valence-electron chi connectivity index (χ3n) is 3.89. The Labute approximate surface area is 111 Å². The zero-order valence-corrected chi connectivity index (χ0v) is 11.8. The monoisotopic (exact) mass is 247 g/mol. The van der Waals surface area contributed by atoms with Crippen molar-refractivity contribution in [1.29, 1.82) is 0 Å². The second-order valence-electron chi connectivity index (χ2n) is 5.74. The third-order valence-corrected chi connectivity index (χ3v) is 3.89. The average Bonchev–Trinajstić information content (AvgIpc) is 2.28. The molecule has 0 radical (unpaired) electrons. The molecule has 0 aromatic carbocycles. The van der Waals surface area contributed by atoms with Gasteiger partial charge in [-0.3, -0.25) is 9.88 Å². The zero-order chi connectivity index (χ0) is 13.0. The minimum Gasteiger partial charge on any atom is -0.314 e. The van der Waals surface area contributed by atoms with E-state index in [9.17, 15) is 0 Å². The van der Waals surface area contributed by atoms with Crippen LogP contribution in [-0.4, -0.2) is 35.6 Å². The number of hydrogen-bond donors (Lipinski definition) is 1. The molecule has 0 spiro atoms. The summed E-state index contributed by atoms with van der Waals surface area (Å²) in [5.74, 6) is 0.814. The van der Waals surface area contributed by atoms with Gasteiger partial charge >= 0.3 is 0 Å². The maximum Gasteiger partial charge on any atom is 0.0312 e. The van der Waals surface area contributed by atoms with Gasteiger partial charge in [-0.05, 0) is 44.0 Å². The maximum absolute atomic E-state index is 4.18. The molecule has 2 rings (SSSR count). The summed E-state index contributed by atoms with van der Waals surface area (Å²) in [6, 6.07) is 5.50. The average molecular weight is 247 g/mol. The molecule has 0 aliphatic heterocycles. The molecule has 1 aromatic heterocycles. The molecule has 18 heavy (non-hydrogen) atoms. The Morgan fingerprint density at radius 2 is 2.28 bits per heavy atom. The summed E-state index contributed by atoms with van der Waals surface area (Å²) in [4.78, 5) is 6.66. The van der Waals surface area contributed by atoms with Crippen molar-refractivity contribution in [2.24, 2.45) is 5.92 Å². The molecule has 0 saturated heterocycles. The lowest BCUT2D eigenvalue weighted by Crippen LogP contribution is -2.49. The predicted molar refractivity (Wildman–Crippen MR) is 75.4 cm³/mol. The van der Waals surface area contributed by atoms with Gasteiger partial charge in [0, 0.05) is 31.0 Å². The quantitative estimate of drug-likeness (QED) is 0.836. The molecule has 100 valence electrons. The lowest BCUT2D eigenvalue weighted by Gasteiger charge is -2.43. The van der Waals surface area contributed by atoms with Gasteiger partial charge in [0.25, 0.3) is 0 Å². The highest BCUT2D eigenvalue weighted by atomic mass is 15.1. The van der Waals surface area contributed by atoms with Gasteiger partial charge in [-0.15, -0.1) is 0 Å². The molecular formula is C15H25N3. The molecule has 1 saturated carbocycles. The lowest BCUT2D eigenvalue weighted by atomic mass is 9.78. The molecular weight excluding hydrogens is 222 g/mol. The highest BCUT2D eigenvalue weighted by molar-refractivity contribution is 5.08. The minimum absolute atomic E-state index is 0.592. The molecule has 1 fully saturated rings. The summed E-state index contributed by atoms with van der Waals surface area (Å²) in [5.41, 5.74) is 1.31. The number of hydrogen-bond acceptors (Lipinski definition) is 3. The molecule has 2 unspecified atom stereocenters. The first-order chi connectivity index (χ1) is 8.66. The van der Waals surface area contributed by atoms with E-state index in [0.29, 0.717) is 6.04 Å². The minimum atomic E-state index is 0.592. The Kier molecular flexibility index (Phi) is 4.72. The van der Waals surface area contributed by atoms with Crippen LogP contribution in [0.15, 0.2) is 24.5 Å². The molecule has 2 atom stereocenters. The standard InChI is InChI=1S/C15H25N3/c1-12(2)17-10-14-6-7-15(14)18(3)11-13-5-4-8-16-9-13/h4-5,8-9,12,14-15,17H,6-7,10-11H2,1-3H3. The third kappa shape index (κ3) is 3.53. The lowest BCUT2D eigenvalue weighted by molar-refractivity contribution is 0.0767. The van der Waals surface area contributed by atoms with Gasteiger partial charge in [-0.1, -0.05) is 19.9 Å². The van der Waals surface area contributed by atoms with Crippen molar-refractivity contribution in [3.05, 3.63) is 30.1 Å². The normalized spacial score (nSPS) is 23.4. The largest absolute Gasteiger partial charge is 0.314 e. The first kappa shape index (κ1) is 13.5. The molecule has 3 nitrogen and oxygen atoms in total. The van der Waals surface area contributed by atoms with Crippen LogP contribution >= 0.6 is 0 Å². The Morgan fingerprint density at radius 1 is 1.44 bits per heavy atom. The summed E-state index contributed by atoms with van der Waals surface area (Å²) in [6.07, 6.45) is 6.50. The van der Waals surface area contributed by atoms with Gasteiger partial charge in [0.2, 0.25) is 0 Å². The van der Waals surface area contributed by atoms with E-state index in [4.69, 9.17) is 0 Å². The van der Waals surface area contributed by atoms with Crippen molar-refractivity contribution >= 4 is 0 Å². The van der Waals surface area contributed by atoms with Crippen molar-refractivity contribution < 1.29 is 0 Å². The van der Waals surface area contributed by atoms with Crippen LogP contribution in [0.1, 0.15) is 32.3 Å². The van der Waals surface area contributed by atoms with Crippen molar-refractivity contribution in [2.45, 2.75) is 45.3 Å². The molecule has 0 amide bonds. The van der Waals surface area contributed by atoms with Crippen LogP contribution in [0.2, 0.25) is 0 Å². The van der Waals surface area contributed by atoms with Crippen LogP contribution in [0.4, 0.5) is 0 Å². The van der Waals surface area contributed by atoms with Gasteiger partial charge in [-0.25, -0.2) is 0 Å². The van der Waals surface area contributed by atoms with E-state index in [1.54, 1.807) is 0 Å². The van der Waals surface area contributed by atoms with Crippen LogP contribution in [0, 0.1) is 5.92 Å². The van der Waals surface area contributed by atoms with Gasteiger partial charge < -0.3 is 5.32 Å². The number of nitrogens with zero attached hydrogens (tertiary/aromatic N) is 2. The van der Waals surface area contributed by atoms with Crippen LogP contribution in [0.5, 0.6) is 0 Å². The Balaban J connectivity index is 1.80. The fourth-order valence-corrected chi connectivity index (χ4v) is 2.65. The van der Waals surface area contributed by atoms with Crippen LogP contribution < -0.4 is 5.32 Å². The first-order valence-electron chi connectivity index (χ1n) is 6.99. The number of aromatic nitrogens is 1. The van der Waals surface area contributed by atoms with E-state index in [1.165, 1.54) is 18.4 Å². The molecule has 1 aliphatic rings. The highest BCUT2D eigenvalue weighted by Gasteiger charge is 2.33. The second kappa shape index (κ2) is 6.30. The van der Waals surface area contributed by atoms with E-state index in [0.717, 1.165) is 25.0 Å². The Hall–Kier alpha value is -0.930. The molecule has 1 N–H and O–H groups in total. The molecule has 1 aliphatic carbocycles. The predicted octanol–water partition coefficient (Wildman–Crippen LogP) is 2.29. The summed E-state index contributed by atoms with van der Waals surface area (Å²) in [5, 5.41) is 3.56. The maximum atomic E-state index is 4.18. The summed E-state index contributed by atoms with van der Waals surface area (Å²) >= 11 is 0. The number of nitrogens with one attached hydrogen (secondary N) is 1. The Morgan fingerprint density at radius 3 is 2.83 bits per heavy atom. The van der Waals surface area contributed by atoms with Crippen LogP contribution in [0.25, 0.3) is 0 Å². The van der Waals surface area contributed by atoms with Crippen LogP contribution in [-0.2, 0) is 6.54 Å². The van der Waals surface area contributed by atoms with Crippen LogP contribution in [0.3, 0.4) is 0 Å². The first-order valence-corrected chi connectivity index (χ1v) is 6.99.